The minimum Gasteiger partial charge on any atom is -0.336 e. The molecular weight excluding hydrogens is 202 g/mol. The van der Waals surface area contributed by atoms with Gasteiger partial charge in [0.25, 0.3) is 0 Å². The molecule has 0 spiro atoms. The van der Waals surface area contributed by atoms with Crippen LogP contribution in [0.3, 0.4) is 0 Å². The molecule has 0 aliphatic rings. The molecule has 0 saturated carbocycles. The van der Waals surface area contributed by atoms with Gasteiger partial charge >= 0.3 is 0 Å². The quantitative estimate of drug-likeness (QED) is 0.586. The van der Waals surface area contributed by atoms with Crippen molar-refractivity contribution in [3.63, 3.8) is 0 Å². The third-order valence-corrected chi connectivity index (χ3v) is 2.52. The summed E-state index contributed by atoms with van der Waals surface area (Å²) in [5, 5.41) is 0. The number of aryl methyl sites for hydroxylation is 2. The second-order valence-corrected chi connectivity index (χ2v) is 3.75. The van der Waals surface area contributed by atoms with Crippen LogP contribution in [0, 0.1) is 6.92 Å². The van der Waals surface area contributed by atoms with Crippen LogP contribution in [0.4, 0.5) is 0 Å². The number of imidazole rings is 1. The smallest absolute Gasteiger partial charge is 0.133 e. The van der Waals surface area contributed by atoms with Gasteiger partial charge in [0.2, 0.25) is 0 Å². The van der Waals surface area contributed by atoms with Gasteiger partial charge in [-0.25, -0.2) is 10.4 Å². The summed E-state index contributed by atoms with van der Waals surface area (Å²) in [4.78, 5) is 8.59. The highest BCUT2D eigenvalue weighted by molar-refractivity contribution is 5.22. The molecule has 5 nitrogen and oxygen atoms in total. The maximum absolute atomic E-state index is 5.57. The summed E-state index contributed by atoms with van der Waals surface area (Å²) < 4.78 is 1.93. The van der Waals surface area contributed by atoms with Gasteiger partial charge in [-0.15, -0.1) is 0 Å². The van der Waals surface area contributed by atoms with Crippen molar-refractivity contribution in [2.45, 2.75) is 13.0 Å². The average molecular weight is 217 g/mol. The van der Waals surface area contributed by atoms with E-state index >= 15 is 0 Å². The highest BCUT2D eigenvalue weighted by Gasteiger charge is 2.17. The SMILES string of the molecule is Cc1ccnc(C(NN)c2nccn2C)c1. The number of hydrazine groups is 1. The molecule has 2 rings (SSSR count). The molecule has 1 unspecified atom stereocenters. The van der Waals surface area contributed by atoms with Crippen molar-refractivity contribution in [3.05, 3.63) is 47.8 Å². The van der Waals surface area contributed by atoms with Crippen molar-refractivity contribution in [1.29, 1.82) is 0 Å². The summed E-state index contributed by atoms with van der Waals surface area (Å²) in [6, 6.07) is 3.77. The molecule has 1 atom stereocenters. The topological polar surface area (TPSA) is 68.8 Å². The highest BCUT2D eigenvalue weighted by Crippen LogP contribution is 2.17. The minimum atomic E-state index is -0.181. The fraction of sp³-hybridized carbons (Fsp3) is 0.273. The Hall–Kier alpha value is -1.72. The number of nitrogens with two attached hydrogens (primary N) is 1. The Morgan fingerprint density at radius 1 is 1.38 bits per heavy atom. The summed E-state index contributed by atoms with van der Waals surface area (Å²) in [5.41, 5.74) is 4.77. The molecule has 2 aromatic heterocycles. The minimum absolute atomic E-state index is 0.181. The molecule has 0 radical (unpaired) electrons. The molecule has 0 bridgehead atoms. The van der Waals surface area contributed by atoms with E-state index in [1.807, 2.05) is 36.9 Å². The summed E-state index contributed by atoms with van der Waals surface area (Å²) in [7, 11) is 1.93. The van der Waals surface area contributed by atoms with Crippen molar-refractivity contribution in [3.8, 4) is 0 Å². The van der Waals surface area contributed by atoms with Crippen molar-refractivity contribution < 1.29 is 0 Å². The summed E-state index contributed by atoms with van der Waals surface area (Å²) >= 11 is 0. The zero-order valence-corrected chi connectivity index (χ0v) is 9.38. The van der Waals surface area contributed by atoms with E-state index in [9.17, 15) is 0 Å². The number of hydrogen-bond acceptors (Lipinski definition) is 4. The zero-order valence-electron chi connectivity index (χ0n) is 9.38. The number of nitrogens with zero attached hydrogens (tertiary/aromatic N) is 3. The molecule has 16 heavy (non-hydrogen) atoms. The number of hydrogen-bond donors (Lipinski definition) is 2. The lowest BCUT2D eigenvalue weighted by molar-refractivity contribution is 0.567. The number of aromatic nitrogens is 3. The van der Waals surface area contributed by atoms with Crippen LogP contribution < -0.4 is 11.3 Å². The lowest BCUT2D eigenvalue weighted by Crippen LogP contribution is -2.31. The van der Waals surface area contributed by atoms with Crippen LogP contribution in [0.2, 0.25) is 0 Å². The molecule has 0 aliphatic heterocycles. The summed E-state index contributed by atoms with van der Waals surface area (Å²) in [6.45, 7) is 2.02. The third-order valence-electron chi connectivity index (χ3n) is 2.52. The predicted molar refractivity (Wildman–Crippen MR) is 61.3 cm³/mol. The van der Waals surface area contributed by atoms with Crippen LogP contribution in [0.15, 0.2) is 30.7 Å². The first kappa shape index (κ1) is 10.8. The molecule has 3 N–H and O–H groups in total. The van der Waals surface area contributed by atoms with Gasteiger partial charge in [-0.2, -0.15) is 0 Å². The number of rotatable bonds is 3. The molecule has 0 saturated heterocycles. The van der Waals surface area contributed by atoms with Crippen molar-refractivity contribution in [2.75, 3.05) is 0 Å². The molecule has 84 valence electrons. The Kier molecular flexibility index (Phi) is 2.98. The van der Waals surface area contributed by atoms with E-state index < -0.39 is 0 Å². The molecule has 5 heteroatoms. The Bertz CT molecular complexity index is 477. The number of nitrogens with one attached hydrogen (secondary N) is 1. The van der Waals surface area contributed by atoms with Gasteiger partial charge in [0.05, 0.1) is 5.69 Å². The van der Waals surface area contributed by atoms with E-state index in [0.717, 1.165) is 17.1 Å². The first-order valence-electron chi connectivity index (χ1n) is 5.08. The largest absolute Gasteiger partial charge is 0.336 e. The van der Waals surface area contributed by atoms with Crippen LogP contribution in [-0.4, -0.2) is 14.5 Å². The van der Waals surface area contributed by atoms with Gasteiger partial charge in [0.15, 0.2) is 0 Å². The second kappa shape index (κ2) is 4.42. The molecule has 0 fully saturated rings. The Morgan fingerprint density at radius 3 is 2.75 bits per heavy atom. The van der Waals surface area contributed by atoms with Gasteiger partial charge < -0.3 is 4.57 Å². The average Bonchev–Trinajstić information content (AvgIpc) is 2.67. The fourth-order valence-corrected chi connectivity index (χ4v) is 1.66. The van der Waals surface area contributed by atoms with Crippen LogP contribution in [-0.2, 0) is 7.05 Å². The van der Waals surface area contributed by atoms with Crippen LogP contribution >= 0.6 is 0 Å². The van der Waals surface area contributed by atoms with Crippen molar-refractivity contribution in [1.82, 2.24) is 20.0 Å². The molecular formula is C11H15N5. The maximum Gasteiger partial charge on any atom is 0.133 e. The van der Waals surface area contributed by atoms with Gasteiger partial charge in [-0.3, -0.25) is 10.8 Å². The summed E-state index contributed by atoms with van der Waals surface area (Å²) in [6.07, 6.45) is 5.41. The molecule has 0 aliphatic carbocycles. The second-order valence-electron chi connectivity index (χ2n) is 3.75. The zero-order chi connectivity index (χ0) is 11.5. The lowest BCUT2D eigenvalue weighted by Gasteiger charge is -2.15. The van der Waals surface area contributed by atoms with Crippen molar-refractivity contribution >= 4 is 0 Å². The Morgan fingerprint density at radius 2 is 2.19 bits per heavy atom. The Labute approximate surface area is 94.3 Å². The van der Waals surface area contributed by atoms with E-state index in [4.69, 9.17) is 5.84 Å². The molecule has 2 aromatic rings. The Balaban J connectivity index is 2.40. The predicted octanol–water partition coefficient (Wildman–Crippen LogP) is 0.676. The van der Waals surface area contributed by atoms with Crippen LogP contribution in [0.1, 0.15) is 23.1 Å². The molecule has 2 heterocycles. The normalized spacial score (nSPS) is 12.7. The van der Waals surface area contributed by atoms with Crippen molar-refractivity contribution in [2.24, 2.45) is 12.9 Å². The van der Waals surface area contributed by atoms with E-state index in [2.05, 4.69) is 15.4 Å². The van der Waals surface area contributed by atoms with Gasteiger partial charge in [-0.05, 0) is 24.6 Å². The van der Waals surface area contributed by atoms with E-state index in [-0.39, 0.29) is 6.04 Å². The first-order chi connectivity index (χ1) is 7.72. The highest BCUT2D eigenvalue weighted by atomic mass is 15.3. The first-order valence-corrected chi connectivity index (χ1v) is 5.08. The van der Waals surface area contributed by atoms with Crippen LogP contribution in [0.5, 0.6) is 0 Å². The summed E-state index contributed by atoms with van der Waals surface area (Å²) in [5.74, 6) is 6.42. The van der Waals surface area contributed by atoms with Gasteiger partial charge in [0, 0.05) is 25.6 Å². The van der Waals surface area contributed by atoms with Gasteiger partial charge in [-0.1, -0.05) is 0 Å². The molecule has 0 aromatic carbocycles. The van der Waals surface area contributed by atoms with E-state index in [1.54, 1.807) is 12.4 Å². The fourth-order valence-electron chi connectivity index (χ4n) is 1.66. The van der Waals surface area contributed by atoms with E-state index in [0.29, 0.717) is 0 Å². The molecule has 0 amide bonds. The third kappa shape index (κ3) is 1.95. The monoisotopic (exact) mass is 217 g/mol. The standard InChI is InChI=1S/C11H15N5/c1-8-3-4-13-9(7-8)10(15-12)11-14-5-6-16(11)2/h3-7,10,15H,12H2,1-2H3. The van der Waals surface area contributed by atoms with Gasteiger partial charge in [0.1, 0.15) is 11.9 Å². The van der Waals surface area contributed by atoms with Crippen LogP contribution in [0.25, 0.3) is 0 Å². The maximum atomic E-state index is 5.57. The lowest BCUT2D eigenvalue weighted by atomic mass is 10.1. The number of pyridine rings is 1. The van der Waals surface area contributed by atoms with E-state index in [1.165, 1.54) is 0 Å².